The number of hydrogen-bond donors (Lipinski definition) is 1. The third-order valence-corrected chi connectivity index (χ3v) is 4.45. The van der Waals surface area contributed by atoms with Gasteiger partial charge in [-0.25, -0.2) is 4.98 Å². The minimum Gasteiger partial charge on any atom is -0.369 e. The molecule has 0 aromatic carbocycles. The molecule has 1 fully saturated rings. The summed E-state index contributed by atoms with van der Waals surface area (Å²) in [6.07, 6.45) is 2.23. The van der Waals surface area contributed by atoms with Crippen molar-refractivity contribution in [3.05, 3.63) is 11.1 Å². The Bertz CT molecular complexity index is 405. The van der Waals surface area contributed by atoms with Crippen molar-refractivity contribution in [2.45, 2.75) is 45.4 Å². The van der Waals surface area contributed by atoms with Gasteiger partial charge in [-0.3, -0.25) is 0 Å². The summed E-state index contributed by atoms with van der Waals surface area (Å²) >= 11 is 1.77. The van der Waals surface area contributed by atoms with Crippen LogP contribution >= 0.6 is 11.3 Å². The zero-order valence-corrected chi connectivity index (χ0v) is 12.7. The van der Waals surface area contributed by atoms with Gasteiger partial charge in [-0.1, -0.05) is 0 Å². The Balaban J connectivity index is 2.13. The minimum absolute atomic E-state index is 0.0991. The van der Waals surface area contributed by atoms with Gasteiger partial charge in [0.25, 0.3) is 0 Å². The number of morpholine rings is 1. The highest BCUT2D eigenvalue weighted by Gasteiger charge is 2.32. The summed E-state index contributed by atoms with van der Waals surface area (Å²) in [5.74, 6) is 0. The molecule has 0 aliphatic carbocycles. The Kier molecular flexibility index (Phi) is 3.94. The van der Waals surface area contributed by atoms with Crippen molar-refractivity contribution in [2.24, 2.45) is 0 Å². The van der Waals surface area contributed by atoms with Crippen molar-refractivity contribution in [3.8, 4) is 0 Å². The molecule has 1 aromatic rings. The molecule has 1 aromatic heterocycles. The topological polar surface area (TPSA) is 37.4 Å². The lowest BCUT2D eigenvalue weighted by Crippen LogP contribution is -2.52. The van der Waals surface area contributed by atoms with E-state index in [1.54, 1.807) is 11.3 Å². The lowest BCUT2D eigenvalue weighted by molar-refractivity contribution is -0.0749. The van der Waals surface area contributed by atoms with E-state index in [4.69, 9.17) is 4.74 Å². The van der Waals surface area contributed by atoms with Crippen molar-refractivity contribution in [1.29, 1.82) is 0 Å². The summed E-state index contributed by atoms with van der Waals surface area (Å²) in [5.41, 5.74) is -0.0991. The van der Waals surface area contributed by atoms with Gasteiger partial charge < -0.3 is 15.0 Å². The molecule has 0 spiro atoms. The van der Waals surface area contributed by atoms with Crippen molar-refractivity contribution in [2.75, 3.05) is 25.0 Å². The largest absolute Gasteiger partial charge is 0.369 e. The standard InChI is InChI=1S/C13H23N3OS/c1-9-7-16(8-13(3,4)17-9)12-15-6-11(18-12)10(2)14-5/h6,9-10,14H,7-8H2,1-5H3. The van der Waals surface area contributed by atoms with Gasteiger partial charge in [0, 0.05) is 30.2 Å². The van der Waals surface area contributed by atoms with Gasteiger partial charge in [0.05, 0.1) is 11.7 Å². The number of nitrogens with zero attached hydrogens (tertiary/aromatic N) is 2. The third kappa shape index (κ3) is 3.02. The quantitative estimate of drug-likeness (QED) is 0.914. The van der Waals surface area contributed by atoms with Crippen LogP contribution in [0.1, 0.15) is 38.6 Å². The molecule has 1 aliphatic rings. The second-order valence-corrected chi connectivity index (χ2v) is 6.66. The van der Waals surface area contributed by atoms with Gasteiger partial charge in [-0.2, -0.15) is 0 Å². The first-order valence-electron chi connectivity index (χ1n) is 6.47. The second kappa shape index (κ2) is 5.15. The van der Waals surface area contributed by atoms with Gasteiger partial charge in [0.15, 0.2) is 5.13 Å². The highest BCUT2D eigenvalue weighted by atomic mass is 32.1. The Hall–Kier alpha value is -0.650. The Morgan fingerprint density at radius 3 is 2.94 bits per heavy atom. The molecule has 18 heavy (non-hydrogen) atoms. The SMILES string of the molecule is CNC(C)c1cnc(N2CC(C)OC(C)(C)C2)s1. The van der Waals surface area contributed by atoms with Gasteiger partial charge >= 0.3 is 0 Å². The smallest absolute Gasteiger partial charge is 0.185 e. The maximum atomic E-state index is 5.92. The van der Waals surface area contributed by atoms with E-state index in [-0.39, 0.29) is 11.7 Å². The summed E-state index contributed by atoms with van der Waals surface area (Å²) in [6, 6.07) is 0.364. The average molecular weight is 269 g/mol. The summed E-state index contributed by atoms with van der Waals surface area (Å²) in [5, 5.41) is 4.36. The van der Waals surface area contributed by atoms with Crippen LogP contribution in [0, 0.1) is 0 Å². The van der Waals surface area contributed by atoms with Crippen molar-refractivity contribution in [3.63, 3.8) is 0 Å². The van der Waals surface area contributed by atoms with Crippen LogP contribution in [-0.4, -0.2) is 36.8 Å². The lowest BCUT2D eigenvalue weighted by Gasteiger charge is -2.41. The molecule has 0 amide bonds. The summed E-state index contributed by atoms with van der Waals surface area (Å²) < 4.78 is 5.92. The molecule has 1 saturated heterocycles. The molecule has 5 heteroatoms. The van der Waals surface area contributed by atoms with E-state index in [0.29, 0.717) is 6.04 Å². The molecule has 2 rings (SSSR count). The molecule has 2 heterocycles. The van der Waals surface area contributed by atoms with Crippen LogP contribution < -0.4 is 10.2 Å². The first-order chi connectivity index (χ1) is 8.41. The number of thiazole rings is 1. The fourth-order valence-electron chi connectivity index (χ4n) is 2.37. The number of ether oxygens (including phenoxy) is 1. The predicted octanol–water partition coefficient (Wildman–Crippen LogP) is 2.43. The molecule has 2 unspecified atom stereocenters. The summed E-state index contributed by atoms with van der Waals surface area (Å²) in [7, 11) is 1.98. The van der Waals surface area contributed by atoms with Crippen molar-refractivity contribution >= 4 is 16.5 Å². The molecular formula is C13H23N3OS. The highest BCUT2D eigenvalue weighted by molar-refractivity contribution is 7.15. The molecule has 1 aliphatic heterocycles. The van der Waals surface area contributed by atoms with Gasteiger partial charge in [-0.15, -0.1) is 11.3 Å². The zero-order chi connectivity index (χ0) is 13.3. The third-order valence-electron chi connectivity index (χ3n) is 3.21. The normalized spacial score (nSPS) is 25.2. The Morgan fingerprint density at radius 2 is 2.33 bits per heavy atom. The molecule has 1 N–H and O–H groups in total. The van der Waals surface area contributed by atoms with Crippen molar-refractivity contribution in [1.82, 2.24) is 10.3 Å². The van der Waals surface area contributed by atoms with Crippen LogP contribution in [0.25, 0.3) is 0 Å². The van der Waals surface area contributed by atoms with Crippen LogP contribution in [0.5, 0.6) is 0 Å². The molecule has 0 radical (unpaired) electrons. The van der Waals surface area contributed by atoms with Crippen LogP contribution in [0.4, 0.5) is 5.13 Å². The molecule has 0 saturated carbocycles. The zero-order valence-electron chi connectivity index (χ0n) is 11.9. The molecule has 102 valence electrons. The molecule has 2 atom stereocenters. The summed E-state index contributed by atoms with van der Waals surface area (Å²) in [4.78, 5) is 8.18. The fraction of sp³-hybridized carbons (Fsp3) is 0.769. The number of aromatic nitrogens is 1. The molecule has 0 bridgehead atoms. The maximum absolute atomic E-state index is 5.92. The van der Waals surface area contributed by atoms with Crippen LogP contribution in [0.2, 0.25) is 0 Å². The van der Waals surface area contributed by atoms with E-state index in [9.17, 15) is 0 Å². The van der Waals surface area contributed by atoms with Crippen LogP contribution in [-0.2, 0) is 4.74 Å². The lowest BCUT2D eigenvalue weighted by atomic mass is 10.1. The highest BCUT2D eigenvalue weighted by Crippen LogP contribution is 2.31. The second-order valence-electron chi connectivity index (χ2n) is 5.62. The minimum atomic E-state index is -0.0991. The van der Waals surface area contributed by atoms with Gasteiger partial charge in [-0.05, 0) is 34.7 Å². The van der Waals surface area contributed by atoms with Crippen LogP contribution in [0.15, 0.2) is 6.20 Å². The van der Waals surface area contributed by atoms with E-state index < -0.39 is 0 Å². The van der Waals surface area contributed by atoms with E-state index in [1.165, 1.54) is 4.88 Å². The van der Waals surface area contributed by atoms with E-state index in [0.717, 1.165) is 18.2 Å². The van der Waals surface area contributed by atoms with Crippen molar-refractivity contribution < 1.29 is 4.74 Å². The van der Waals surface area contributed by atoms with Crippen LogP contribution in [0.3, 0.4) is 0 Å². The molecular weight excluding hydrogens is 246 g/mol. The van der Waals surface area contributed by atoms with E-state index in [2.05, 4.69) is 42.9 Å². The van der Waals surface area contributed by atoms with Gasteiger partial charge in [0.2, 0.25) is 0 Å². The fourth-order valence-corrected chi connectivity index (χ4v) is 3.35. The predicted molar refractivity (Wildman–Crippen MR) is 76.4 cm³/mol. The number of anilines is 1. The Morgan fingerprint density at radius 1 is 1.61 bits per heavy atom. The average Bonchev–Trinajstić information content (AvgIpc) is 2.74. The number of nitrogens with one attached hydrogen (secondary N) is 1. The number of hydrogen-bond acceptors (Lipinski definition) is 5. The molecule has 4 nitrogen and oxygen atoms in total. The first kappa shape index (κ1) is 13.8. The van der Waals surface area contributed by atoms with Gasteiger partial charge in [0.1, 0.15) is 0 Å². The summed E-state index contributed by atoms with van der Waals surface area (Å²) in [6.45, 7) is 10.4. The monoisotopic (exact) mass is 269 g/mol. The first-order valence-corrected chi connectivity index (χ1v) is 7.28. The maximum Gasteiger partial charge on any atom is 0.185 e. The number of rotatable bonds is 3. The van der Waals surface area contributed by atoms with E-state index in [1.807, 2.05) is 13.2 Å². The Labute approximate surface area is 113 Å². The van der Waals surface area contributed by atoms with E-state index >= 15 is 0 Å².